The van der Waals surface area contributed by atoms with Crippen molar-refractivity contribution in [1.29, 1.82) is 0 Å². The molecular weight excluding hydrogens is 286 g/mol. The Morgan fingerprint density at radius 2 is 2.48 bits per heavy atom. The molecule has 6 nitrogen and oxygen atoms in total. The second-order valence-corrected chi connectivity index (χ2v) is 6.50. The second kappa shape index (κ2) is 7.70. The van der Waals surface area contributed by atoms with Crippen molar-refractivity contribution in [2.45, 2.75) is 18.3 Å². The molecule has 1 aromatic heterocycles. The Kier molecular flexibility index (Phi) is 5.93. The number of morpholine rings is 1. The lowest BCUT2D eigenvalue weighted by Crippen LogP contribution is -2.49. The molecule has 0 saturated carbocycles. The molecule has 7 heteroatoms. The predicted octanol–water partition coefficient (Wildman–Crippen LogP) is 1.12. The first-order valence-corrected chi connectivity index (χ1v) is 8.51. The third-order valence-corrected chi connectivity index (χ3v) is 4.60. The average Bonchev–Trinajstić information content (AvgIpc) is 2.94. The molecule has 2 heterocycles. The Bertz CT molecular complexity index is 476. The van der Waals surface area contributed by atoms with Gasteiger partial charge in [-0.1, -0.05) is 6.92 Å². The fourth-order valence-corrected chi connectivity index (χ4v) is 2.55. The highest BCUT2D eigenvalue weighted by atomic mass is 32.2. The van der Waals surface area contributed by atoms with Gasteiger partial charge in [-0.2, -0.15) is 16.9 Å². The molecule has 1 aliphatic heterocycles. The lowest BCUT2D eigenvalue weighted by atomic mass is 10.1. The third kappa shape index (κ3) is 4.38. The van der Waals surface area contributed by atoms with Gasteiger partial charge in [-0.25, -0.2) is 0 Å². The van der Waals surface area contributed by atoms with E-state index in [0.717, 1.165) is 31.2 Å². The van der Waals surface area contributed by atoms with Crippen molar-refractivity contribution >= 4 is 17.7 Å². The van der Waals surface area contributed by atoms with E-state index < -0.39 is 0 Å². The van der Waals surface area contributed by atoms with Crippen molar-refractivity contribution in [2.75, 3.05) is 39.5 Å². The first-order valence-electron chi connectivity index (χ1n) is 7.22. The van der Waals surface area contributed by atoms with Gasteiger partial charge in [0.1, 0.15) is 6.10 Å². The third-order valence-electron chi connectivity index (χ3n) is 3.62. The minimum absolute atomic E-state index is 0.0592. The highest BCUT2D eigenvalue weighted by Gasteiger charge is 2.25. The smallest absolute Gasteiger partial charge is 0.193 e. The van der Waals surface area contributed by atoms with Crippen LogP contribution >= 0.6 is 11.8 Å². The van der Waals surface area contributed by atoms with Crippen LogP contribution in [0, 0.1) is 0 Å². The van der Waals surface area contributed by atoms with Gasteiger partial charge in [0.25, 0.3) is 0 Å². The zero-order valence-electron chi connectivity index (χ0n) is 13.2. The summed E-state index contributed by atoms with van der Waals surface area (Å²) < 4.78 is 7.68. The summed E-state index contributed by atoms with van der Waals surface area (Å²) in [5.41, 5.74) is 1.12. The number of guanidine groups is 1. The van der Waals surface area contributed by atoms with Crippen LogP contribution in [0.25, 0.3) is 0 Å². The topological polar surface area (TPSA) is 54.7 Å². The van der Waals surface area contributed by atoms with Gasteiger partial charge in [0.2, 0.25) is 0 Å². The normalized spacial score (nSPS) is 21.4. The quantitative estimate of drug-likeness (QED) is 0.667. The summed E-state index contributed by atoms with van der Waals surface area (Å²) >= 11 is 1.85. The number of thioether (sulfide) groups is 1. The number of hydrogen-bond acceptors (Lipinski definition) is 4. The molecule has 21 heavy (non-hydrogen) atoms. The number of aryl methyl sites for hydroxylation is 1. The lowest BCUT2D eigenvalue weighted by molar-refractivity contribution is -0.00800. The van der Waals surface area contributed by atoms with Crippen molar-refractivity contribution in [2.24, 2.45) is 12.0 Å². The van der Waals surface area contributed by atoms with Crippen LogP contribution in [0.15, 0.2) is 17.4 Å². The molecule has 1 aliphatic rings. The summed E-state index contributed by atoms with van der Waals surface area (Å²) in [6, 6.07) is 0. The zero-order valence-corrected chi connectivity index (χ0v) is 14.1. The van der Waals surface area contributed by atoms with Crippen molar-refractivity contribution in [3.63, 3.8) is 0 Å². The lowest BCUT2D eigenvalue weighted by Gasteiger charge is -2.35. The van der Waals surface area contributed by atoms with E-state index in [4.69, 9.17) is 4.74 Å². The standard InChI is InChI=1S/C14H25N5OS/c1-11(21-4)7-16-14(15-2)19-5-6-20-13(10-19)12-8-17-18(3)9-12/h8-9,11,13H,5-7,10H2,1-4H3,(H,15,16). The molecule has 0 spiro atoms. The number of hydrogen-bond donors (Lipinski definition) is 1. The first-order chi connectivity index (χ1) is 10.1. The van der Waals surface area contributed by atoms with Gasteiger partial charge in [-0.05, 0) is 6.26 Å². The summed E-state index contributed by atoms with van der Waals surface area (Å²) in [4.78, 5) is 6.66. The number of rotatable bonds is 4. The van der Waals surface area contributed by atoms with E-state index in [1.165, 1.54) is 0 Å². The van der Waals surface area contributed by atoms with Crippen LogP contribution in [-0.2, 0) is 11.8 Å². The van der Waals surface area contributed by atoms with Crippen LogP contribution < -0.4 is 5.32 Å². The molecule has 118 valence electrons. The summed E-state index contributed by atoms with van der Waals surface area (Å²) in [5, 5.41) is 8.23. The van der Waals surface area contributed by atoms with Crippen LogP contribution in [-0.4, -0.2) is 65.4 Å². The summed E-state index contributed by atoms with van der Waals surface area (Å²) in [6.07, 6.45) is 6.08. The van der Waals surface area contributed by atoms with E-state index in [9.17, 15) is 0 Å². The SMILES string of the molecule is CN=C(NCC(C)SC)N1CCOC(c2cnn(C)c2)C1. The molecule has 2 unspecified atom stereocenters. The van der Waals surface area contributed by atoms with Gasteiger partial charge < -0.3 is 15.0 Å². The fourth-order valence-electron chi connectivity index (χ4n) is 2.30. The van der Waals surface area contributed by atoms with Gasteiger partial charge in [-0.3, -0.25) is 9.67 Å². The predicted molar refractivity (Wildman–Crippen MR) is 87.8 cm³/mol. The summed E-state index contributed by atoms with van der Waals surface area (Å²) in [6.45, 7) is 5.51. The van der Waals surface area contributed by atoms with Gasteiger partial charge >= 0.3 is 0 Å². The average molecular weight is 311 g/mol. The number of nitrogens with one attached hydrogen (secondary N) is 1. The molecule has 0 radical (unpaired) electrons. The maximum atomic E-state index is 5.87. The van der Waals surface area contributed by atoms with Crippen molar-refractivity contribution < 1.29 is 4.74 Å². The van der Waals surface area contributed by atoms with Crippen molar-refractivity contribution in [1.82, 2.24) is 20.0 Å². The van der Waals surface area contributed by atoms with Crippen LogP contribution in [0.1, 0.15) is 18.6 Å². The number of aromatic nitrogens is 2. The van der Waals surface area contributed by atoms with E-state index in [0.29, 0.717) is 11.9 Å². The van der Waals surface area contributed by atoms with E-state index in [2.05, 4.69) is 33.5 Å². The Hall–Kier alpha value is -1.21. The summed E-state index contributed by atoms with van der Waals surface area (Å²) in [5.74, 6) is 0.952. The molecule has 1 aromatic rings. The zero-order chi connectivity index (χ0) is 15.2. The molecule has 2 rings (SSSR count). The Morgan fingerprint density at radius 3 is 3.10 bits per heavy atom. The fraction of sp³-hybridized carbons (Fsp3) is 0.714. The largest absolute Gasteiger partial charge is 0.370 e. The molecule has 0 bridgehead atoms. The van der Waals surface area contributed by atoms with Gasteiger partial charge in [0.05, 0.1) is 19.3 Å². The first kappa shape index (κ1) is 16.2. The van der Waals surface area contributed by atoms with Gasteiger partial charge in [-0.15, -0.1) is 0 Å². The maximum Gasteiger partial charge on any atom is 0.193 e. The van der Waals surface area contributed by atoms with Crippen molar-refractivity contribution in [3.8, 4) is 0 Å². The highest BCUT2D eigenvalue weighted by Crippen LogP contribution is 2.21. The Labute approximate surface area is 130 Å². The summed E-state index contributed by atoms with van der Waals surface area (Å²) in [7, 11) is 3.76. The monoisotopic (exact) mass is 311 g/mol. The minimum Gasteiger partial charge on any atom is -0.370 e. The maximum absolute atomic E-state index is 5.87. The molecule has 1 saturated heterocycles. The van der Waals surface area contributed by atoms with Crippen molar-refractivity contribution in [3.05, 3.63) is 18.0 Å². The number of nitrogens with zero attached hydrogens (tertiary/aromatic N) is 4. The van der Waals surface area contributed by atoms with Gasteiger partial charge in [0.15, 0.2) is 5.96 Å². The van der Waals surface area contributed by atoms with Crippen LogP contribution in [0.2, 0.25) is 0 Å². The van der Waals surface area contributed by atoms with Crippen LogP contribution in [0.5, 0.6) is 0 Å². The van der Waals surface area contributed by atoms with E-state index in [1.54, 1.807) is 0 Å². The second-order valence-electron chi connectivity index (χ2n) is 5.23. The van der Waals surface area contributed by atoms with E-state index in [-0.39, 0.29) is 6.10 Å². The Balaban J connectivity index is 1.95. The number of ether oxygens (including phenoxy) is 1. The molecule has 2 atom stereocenters. The molecule has 1 N–H and O–H groups in total. The molecule has 0 amide bonds. The molecule has 1 fully saturated rings. The molecular formula is C14H25N5OS. The Morgan fingerprint density at radius 1 is 1.67 bits per heavy atom. The van der Waals surface area contributed by atoms with Crippen LogP contribution in [0.4, 0.5) is 0 Å². The highest BCUT2D eigenvalue weighted by molar-refractivity contribution is 7.99. The molecule has 0 aliphatic carbocycles. The number of aliphatic imine (C=N–C) groups is 1. The van der Waals surface area contributed by atoms with E-state index in [1.807, 2.05) is 42.9 Å². The van der Waals surface area contributed by atoms with Crippen LogP contribution in [0.3, 0.4) is 0 Å². The van der Waals surface area contributed by atoms with Gasteiger partial charge in [0, 0.05) is 44.2 Å². The minimum atomic E-state index is 0.0592. The molecule has 0 aromatic carbocycles. The van der Waals surface area contributed by atoms with E-state index >= 15 is 0 Å².